The summed E-state index contributed by atoms with van der Waals surface area (Å²) in [5.74, 6) is -2.13. The second-order valence-electron chi connectivity index (χ2n) is 6.62. The molecule has 0 spiro atoms. The second kappa shape index (κ2) is 9.11. The number of thioether (sulfide) groups is 1. The molecule has 0 radical (unpaired) electrons. The van der Waals surface area contributed by atoms with Crippen LogP contribution in [0.25, 0.3) is 5.69 Å². The molecular weight excluding hydrogens is 450 g/mol. The first-order chi connectivity index (χ1) is 14.9. The topological polar surface area (TPSA) is 30.7 Å². The van der Waals surface area contributed by atoms with Crippen molar-refractivity contribution in [2.24, 2.45) is 0 Å². The number of rotatable bonds is 6. The van der Waals surface area contributed by atoms with Gasteiger partial charge in [-0.2, -0.15) is 0 Å². The van der Waals surface area contributed by atoms with E-state index in [2.05, 4.69) is 10.2 Å². The molecule has 0 aliphatic rings. The third kappa shape index (κ3) is 4.75. The second-order valence-corrected chi connectivity index (χ2v) is 7.97. The molecule has 0 aliphatic carbocycles. The fourth-order valence-corrected chi connectivity index (χ4v) is 4.31. The minimum Gasteiger partial charge on any atom is -0.274 e. The van der Waals surface area contributed by atoms with Crippen molar-refractivity contribution >= 4 is 23.4 Å². The number of benzene rings is 3. The van der Waals surface area contributed by atoms with Crippen LogP contribution in [0, 0.1) is 23.3 Å². The summed E-state index contributed by atoms with van der Waals surface area (Å²) in [6.45, 7) is 0. The Hall–Kier alpha value is -2.84. The molecule has 3 aromatic carbocycles. The van der Waals surface area contributed by atoms with Crippen LogP contribution in [0.3, 0.4) is 0 Å². The van der Waals surface area contributed by atoms with Crippen LogP contribution in [-0.2, 0) is 12.2 Å². The highest BCUT2D eigenvalue weighted by Crippen LogP contribution is 2.30. The fourth-order valence-electron chi connectivity index (χ4n) is 3.00. The van der Waals surface area contributed by atoms with E-state index in [9.17, 15) is 17.6 Å². The Labute approximate surface area is 184 Å². The van der Waals surface area contributed by atoms with Crippen molar-refractivity contribution in [1.82, 2.24) is 14.8 Å². The SMILES string of the molecule is Fc1ccc(-n2c(Cc3ccc(F)c(F)c3)nnc2SCc2c(F)cccc2Cl)cc1. The van der Waals surface area contributed by atoms with Gasteiger partial charge in [-0.3, -0.25) is 4.57 Å². The monoisotopic (exact) mass is 463 g/mol. The molecule has 0 saturated heterocycles. The van der Waals surface area contributed by atoms with E-state index in [1.165, 1.54) is 42.1 Å². The van der Waals surface area contributed by atoms with E-state index in [4.69, 9.17) is 11.6 Å². The van der Waals surface area contributed by atoms with Gasteiger partial charge in [0, 0.05) is 28.4 Å². The molecule has 1 heterocycles. The number of hydrogen-bond acceptors (Lipinski definition) is 3. The van der Waals surface area contributed by atoms with E-state index < -0.39 is 23.3 Å². The number of aromatic nitrogens is 3. The fraction of sp³-hybridized carbons (Fsp3) is 0.0909. The Morgan fingerprint density at radius 2 is 1.61 bits per heavy atom. The lowest BCUT2D eigenvalue weighted by atomic mass is 10.1. The number of nitrogens with zero attached hydrogens (tertiary/aromatic N) is 3. The van der Waals surface area contributed by atoms with Crippen molar-refractivity contribution in [2.75, 3.05) is 0 Å². The Bertz CT molecular complexity index is 1210. The van der Waals surface area contributed by atoms with Gasteiger partial charge in [-0.1, -0.05) is 35.5 Å². The molecule has 0 aliphatic heterocycles. The zero-order chi connectivity index (χ0) is 22.0. The van der Waals surface area contributed by atoms with Crippen molar-refractivity contribution in [1.29, 1.82) is 0 Å². The lowest BCUT2D eigenvalue weighted by molar-refractivity contribution is 0.507. The van der Waals surface area contributed by atoms with Crippen LogP contribution in [-0.4, -0.2) is 14.8 Å². The standard InChI is InChI=1S/C22H14ClF4N3S/c23-17-2-1-3-18(25)16(17)12-31-22-29-28-21(11-13-4-9-19(26)20(27)10-13)30(22)15-7-5-14(24)6-8-15/h1-10H,11-12H2. The predicted molar refractivity (Wildman–Crippen MR) is 111 cm³/mol. The Morgan fingerprint density at radius 3 is 2.32 bits per heavy atom. The number of hydrogen-bond donors (Lipinski definition) is 0. The summed E-state index contributed by atoms with van der Waals surface area (Å²) in [4.78, 5) is 0. The molecule has 4 aromatic rings. The average Bonchev–Trinajstić information content (AvgIpc) is 3.13. The third-order valence-electron chi connectivity index (χ3n) is 4.54. The molecule has 31 heavy (non-hydrogen) atoms. The molecule has 158 valence electrons. The maximum absolute atomic E-state index is 14.1. The Balaban J connectivity index is 1.69. The van der Waals surface area contributed by atoms with Crippen LogP contribution >= 0.6 is 23.4 Å². The molecule has 0 atom stereocenters. The minimum absolute atomic E-state index is 0.155. The Kier molecular flexibility index (Phi) is 6.29. The zero-order valence-corrected chi connectivity index (χ0v) is 17.4. The zero-order valence-electron chi connectivity index (χ0n) is 15.8. The van der Waals surface area contributed by atoms with E-state index in [0.29, 0.717) is 32.8 Å². The summed E-state index contributed by atoms with van der Waals surface area (Å²) in [6, 6.07) is 13.7. The summed E-state index contributed by atoms with van der Waals surface area (Å²) < 4.78 is 56.1. The van der Waals surface area contributed by atoms with Gasteiger partial charge in [0.25, 0.3) is 0 Å². The minimum atomic E-state index is -0.964. The van der Waals surface area contributed by atoms with E-state index in [1.807, 2.05) is 0 Å². The molecule has 0 saturated carbocycles. The largest absolute Gasteiger partial charge is 0.274 e. The van der Waals surface area contributed by atoms with Crippen molar-refractivity contribution in [3.05, 3.63) is 106 Å². The summed E-state index contributed by atoms with van der Waals surface area (Å²) in [6.07, 6.45) is 0.155. The quantitative estimate of drug-likeness (QED) is 0.246. The molecular formula is C22H14ClF4N3S. The molecule has 9 heteroatoms. The molecule has 0 fully saturated rings. The van der Waals surface area contributed by atoms with Gasteiger partial charge < -0.3 is 0 Å². The van der Waals surface area contributed by atoms with Gasteiger partial charge in [-0.15, -0.1) is 10.2 Å². The lowest BCUT2D eigenvalue weighted by Crippen LogP contribution is -2.04. The van der Waals surface area contributed by atoms with Crippen LogP contribution in [0.15, 0.2) is 65.8 Å². The van der Waals surface area contributed by atoms with Crippen LogP contribution in [0.4, 0.5) is 17.6 Å². The molecule has 0 unspecified atom stereocenters. The van der Waals surface area contributed by atoms with Gasteiger partial charge in [0.2, 0.25) is 0 Å². The van der Waals surface area contributed by atoms with Crippen molar-refractivity contribution in [3.63, 3.8) is 0 Å². The van der Waals surface area contributed by atoms with E-state index >= 15 is 0 Å². The normalized spacial score (nSPS) is 11.1. The van der Waals surface area contributed by atoms with Crippen LogP contribution in [0.1, 0.15) is 17.0 Å². The van der Waals surface area contributed by atoms with Gasteiger partial charge >= 0.3 is 0 Å². The third-order valence-corrected chi connectivity index (χ3v) is 5.85. The first-order valence-electron chi connectivity index (χ1n) is 9.12. The maximum Gasteiger partial charge on any atom is 0.196 e. The highest BCUT2D eigenvalue weighted by molar-refractivity contribution is 7.98. The molecule has 1 aromatic heterocycles. The average molecular weight is 464 g/mol. The van der Waals surface area contributed by atoms with Gasteiger partial charge in [0.1, 0.15) is 17.5 Å². The van der Waals surface area contributed by atoms with Crippen molar-refractivity contribution in [3.8, 4) is 5.69 Å². The molecule has 3 nitrogen and oxygen atoms in total. The van der Waals surface area contributed by atoms with Crippen LogP contribution in [0.2, 0.25) is 5.02 Å². The summed E-state index contributed by atoms with van der Waals surface area (Å²) in [7, 11) is 0. The van der Waals surface area contributed by atoms with Gasteiger partial charge in [-0.05, 0) is 54.1 Å². The van der Waals surface area contributed by atoms with Gasteiger partial charge in [-0.25, -0.2) is 17.6 Å². The number of halogens is 5. The van der Waals surface area contributed by atoms with Crippen molar-refractivity contribution in [2.45, 2.75) is 17.3 Å². The highest BCUT2D eigenvalue weighted by atomic mass is 35.5. The molecule has 4 rings (SSSR count). The Morgan fingerprint density at radius 1 is 0.839 bits per heavy atom. The van der Waals surface area contributed by atoms with E-state index in [-0.39, 0.29) is 12.2 Å². The van der Waals surface area contributed by atoms with E-state index in [1.54, 1.807) is 22.8 Å². The van der Waals surface area contributed by atoms with Crippen LogP contribution < -0.4 is 0 Å². The summed E-state index contributed by atoms with van der Waals surface area (Å²) in [5.41, 5.74) is 1.39. The van der Waals surface area contributed by atoms with E-state index in [0.717, 1.165) is 12.1 Å². The smallest absolute Gasteiger partial charge is 0.196 e. The first kappa shape index (κ1) is 21.4. The van der Waals surface area contributed by atoms with Crippen molar-refractivity contribution < 1.29 is 17.6 Å². The highest BCUT2D eigenvalue weighted by Gasteiger charge is 2.17. The molecule has 0 N–H and O–H groups in total. The van der Waals surface area contributed by atoms with Gasteiger partial charge in [0.15, 0.2) is 16.8 Å². The predicted octanol–water partition coefficient (Wildman–Crippen LogP) is 6.36. The summed E-state index contributed by atoms with van der Waals surface area (Å²) >= 11 is 7.31. The molecule has 0 bridgehead atoms. The molecule has 0 amide bonds. The van der Waals surface area contributed by atoms with Gasteiger partial charge in [0.05, 0.1) is 0 Å². The summed E-state index contributed by atoms with van der Waals surface area (Å²) in [5, 5.41) is 9.06. The van der Waals surface area contributed by atoms with Crippen LogP contribution in [0.5, 0.6) is 0 Å². The first-order valence-corrected chi connectivity index (χ1v) is 10.5. The lowest BCUT2D eigenvalue weighted by Gasteiger charge is -2.11. The maximum atomic E-state index is 14.1.